The van der Waals surface area contributed by atoms with Gasteiger partial charge in [-0.15, -0.1) is 11.3 Å². The Balaban J connectivity index is 1.72. The monoisotopic (exact) mass is 454 g/mol. The molecule has 2 aromatic rings. The third kappa shape index (κ3) is 5.05. The molecule has 150 valence electrons. The molecule has 1 saturated heterocycles. The molecule has 2 N–H and O–H groups in total. The van der Waals surface area contributed by atoms with Crippen LogP contribution >= 0.6 is 35.3 Å². The molecule has 0 aliphatic carbocycles. The number of amides is 2. The molecule has 1 aromatic heterocycles. The number of hydrogen-bond donors (Lipinski definition) is 2. The van der Waals surface area contributed by atoms with Gasteiger partial charge in [-0.1, -0.05) is 30.0 Å². The normalized spacial score (nSPS) is 15.2. The average molecular weight is 455 g/mol. The number of carbonyl (C=O) groups is 3. The van der Waals surface area contributed by atoms with Crippen LogP contribution in [0.5, 0.6) is 0 Å². The highest BCUT2D eigenvalue weighted by Crippen LogP contribution is 2.35. The first-order valence-corrected chi connectivity index (χ1v) is 10.1. The van der Waals surface area contributed by atoms with E-state index in [1.54, 1.807) is 17.5 Å². The number of benzene rings is 1. The Morgan fingerprint density at radius 1 is 1.21 bits per heavy atom. The third-order valence-corrected chi connectivity index (χ3v) is 6.02. The highest BCUT2D eigenvalue weighted by molar-refractivity contribution is 8.26. The minimum absolute atomic E-state index is 0.184. The molecule has 0 bridgehead atoms. The zero-order chi connectivity index (χ0) is 21.1. The van der Waals surface area contributed by atoms with Gasteiger partial charge in [0.15, 0.2) is 11.6 Å². The second kappa shape index (κ2) is 8.80. The van der Waals surface area contributed by atoms with Crippen LogP contribution in [0.3, 0.4) is 0 Å². The Bertz CT molecular complexity index is 1050. The van der Waals surface area contributed by atoms with Crippen LogP contribution in [-0.4, -0.2) is 45.2 Å². The van der Waals surface area contributed by atoms with E-state index in [1.165, 1.54) is 17.4 Å². The summed E-state index contributed by atoms with van der Waals surface area (Å²) in [5, 5.41) is 12.5. The summed E-state index contributed by atoms with van der Waals surface area (Å²) in [6.45, 7) is -0.925. The summed E-state index contributed by atoms with van der Waals surface area (Å²) in [5.74, 6) is -4.18. The van der Waals surface area contributed by atoms with Gasteiger partial charge in [-0.25, -0.2) is 8.78 Å². The molecule has 1 fully saturated rings. The highest BCUT2D eigenvalue weighted by Gasteiger charge is 2.33. The van der Waals surface area contributed by atoms with E-state index in [0.717, 1.165) is 28.8 Å². The van der Waals surface area contributed by atoms with E-state index in [0.29, 0.717) is 20.9 Å². The summed E-state index contributed by atoms with van der Waals surface area (Å²) in [6.07, 6.45) is 1.60. The summed E-state index contributed by atoms with van der Waals surface area (Å²) in [4.78, 5) is 36.9. The smallest absolute Gasteiger partial charge is 0.322 e. The molecule has 0 radical (unpaired) electrons. The number of hydrogen-bond acceptors (Lipinski definition) is 6. The number of thiophene rings is 1. The minimum Gasteiger partial charge on any atom is -0.480 e. The molecular formula is C18H12F2N2O4S3. The fraction of sp³-hybridized carbons (Fsp3) is 0.111. The van der Waals surface area contributed by atoms with Gasteiger partial charge in [-0.3, -0.25) is 19.3 Å². The van der Waals surface area contributed by atoms with Gasteiger partial charge in [-0.2, -0.15) is 0 Å². The quantitative estimate of drug-likeness (QED) is 0.515. The molecule has 11 heteroatoms. The van der Waals surface area contributed by atoms with Gasteiger partial charge in [0.1, 0.15) is 17.4 Å². The second-order valence-electron chi connectivity index (χ2n) is 5.80. The van der Waals surface area contributed by atoms with Crippen LogP contribution in [0.25, 0.3) is 17.2 Å². The maximum atomic E-state index is 13.4. The molecule has 0 atom stereocenters. The van der Waals surface area contributed by atoms with E-state index in [9.17, 15) is 23.2 Å². The summed E-state index contributed by atoms with van der Waals surface area (Å²) >= 11 is 7.46. The first-order chi connectivity index (χ1) is 13.7. The van der Waals surface area contributed by atoms with E-state index < -0.39 is 36.0 Å². The van der Waals surface area contributed by atoms with Crippen molar-refractivity contribution in [3.8, 4) is 11.1 Å². The number of carboxylic acids is 1. The van der Waals surface area contributed by atoms with Crippen molar-refractivity contribution in [3.05, 3.63) is 51.1 Å². The van der Waals surface area contributed by atoms with E-state index in [2.05, 4.69) is 5.32 Å². The zero-order valence-corrected chi connectivity index (χ0v) is 16.9. The molecule has 3 rings (SSSR count). The first kappa shape index (κ1) is 21.1. The van der Waals surface area contributed by atoms with Gasteiger partial charge >= 0.3 is 5.97 Å². The molecule has 0 spiro atoms. The van der Waals surface area contributed by atoms with Crippen LogP contribution in [-0.2, 0) is 14.4 Å². The van der Waals surface area contributed by atoms with Gasteiger partial charge in [0.05, 0.1) is 4.91 Å². The second-order valence-corrected chi connectivity index (χ2v) is 8.42. The SMILES string of the molecule is O=C(O)CNC(=O)CN1C(=O)C(=Cc2cc(-c3ccc(F)c(F)c3)cs2)SC1=S. The van der Waals surface area contributed by atoms with Crippen molar-refractivity contribution in [2.24, 2.45) is 0 Å². The summed E-state index contributed by atoms with van der Waals surface area (Å²) in [7, 11) is 0. The minimum atomic E-state index is -1.20. The predicted molar refractivity (Wildman–Crippen MR) is 110 cm³/mol. The van der Waals surface area contributed by atoms with E-state index in [-0.39, 0.29) is 10.9 Å². The first-order valence-electron chi connectivity index (χ1n) is 8.02. The fourth-order valence-electron chi connectivity index (χ4n) is 2.39. The van der Waals surface area contributed by atoms with Crippen molar-refractivity contribution in [2.75, 3.05) is 13.1 Å². The van der Waals surface area contributed by atoms with Crippen LogP contribution in [0.2, 0.25) is 0 Å². The third-order valence-electron chi connectivity index (χ3n) is 3.76. The molecule has 0 saturated carbocycles. The van der Waals surface area contributed by atoms with Crippen molar-refractivity contribution < 1.29 is 28.3 Å². The van der Waals surface area contributed by atoms with Crippen molar-refractivity contribution in [1.82, 2.24) is 10.2 Å². The van der Waals surface area contributed by atoms with Gasteiger partial charge in [0.25, 0.3) is 5.91 Å². The van der Waals surface area contributed by atoms with Crippen molar-refractivity contribution in [1.29, 1.82) is 0 Å². The molecule has 29 heavy (non-hydrogen) atoms. The van der Waals surface area contributed by atoms with E-state index in [1.807, 2.05) is 0 Å². The Morgan fingerprint density at radius 3 is 2.66 bits per heavy atom. The summed E-state index contributed by atoms with van der Waals surface area (Å²) in [5.41, 5.74) is 1.17. The molecule has 2 amide bonds. The Kier molecular flexibility index (Phi) is 6.40. The van der Waals surface area contributed by atoms with Crippen molar-refractivity contribution >= 4 is 63.5 Å². The lowest BCUT2D eigenvalue weighted by Gasteiger charge is -2.13. The number of halogens is 2. The number of thiocarbonyl (C=S) groups is 1. The van der Waals surface area contributed by atoms with Crippen molar-refractivity contribution in [3.63, 3.8) is 0 Å². The number of carbonyl (C=O) groups excluding carboxylic acids is 2. The maximum Gasteiger partial charge on any atom is 0.322 e. The lowest BCUT2D eigenvalue weighted by Crippen LogP contribution is -2.41. The van der Waals surface area contributed by atoms with Gasteiger partial charge in [0, 0.05) is 4.88 Å². The molecule has 6 nitrogen and oxygen atoms in total. The Morgan fingerprint density at radius 2 is 1.97 bits per heavy atom. The molecule has 1 aromatic carbocycles. The largest absolute Gasteiger partial charge is 0.480 e. The molecule has 0 unspecified atom stereocenters. The van der Waals surface area contributed by atoms with Crippen LogP contribution in [0, 0.1) is 11.6 Å². The Labute approximate surface area is 177 Å². The van der Waals surface area contributed by atoms with Crippen LogP contribution in [0.1, 0.15) is 4.88 Å². The lowest BCUT2D eigenvalue weighted by molar-refractivity contribution is -0.138. The number of rotatable bonds is 6. The van der Waals surface area contributed by atoms with Crippen LogP contribution in [0.15, 0.2) is 34.6 Å². The molecule has 2 heterocycles. The Hall–Kier alpha value is -2.63. The van der Waals surface area contributed by atoms with Crippen molar-refractivity contribution in [2.45, 2.75) is 0 Å². The summed E-state index contributed by atoms with van der Waals surface area (Å²) < 4.78 is 26.7. The van der Waals surface area contributed by atoms with Gasteiger partial charge < -0.3 is 10.4 Å². The van der Waals surface area contributed by atoms with Gasteiger partial charge in [-0.05, 0) is 40.8 Å². The number of thioether (sulfide) groups is 1. The number of nitrogens with zero attached hydrogens (tertiary/aromatic N) is 1. The lowest BCUT2D eigenvalue weighted by atomic mass is 10.1. The molecule has 1 aliphatic rings. The fourth-order valence-corrected chi connectivity index (χ4v) is 4.56. The van der Waals surface area contributed by atoms with Gasteiger partial charge in [0.2, 0.25) is 5.91 Å². The molecule has 1 aliphatic heterocycles. The average Bonchev–Trinajstić information content (AvgIpc) is 3.23. The number of aliphatic carboxylic acids is 1. The summed E-state index contributed by atoms with van der Waals surface area (Å²) in [6, 6.07) is 5.32. The topological polar surface area (TPSA) is 86.7 Å². The number of nitrogens with one attached hydrogen (secondary N) is 1. The highest BCUT2D eigenvalue weighted by atomic mass is 32.2. The van der Waals surface area contributed by atoms with E-state index in [4.69, 9.17) is 17.3 Å². The zero-order valence-electron chi connectivity index (χ0n) is 14.5. The molecular weight excluding hydrogens is 442 g/mol. The number of carboxylic acid groups (broad SMARTS) is 1. The maximum absolute atomic E-state index is 13.4. The predicted octanol–water partition coefficient (Wildman–Crippen LogP) is 3.10. The van der Waals surface area contributed by atoms with E-state index >= 15 is 0 Å². The van der Waals surface area contributed by atoms with Crippen LogP contribution in [0.4, 0.5) is 8.78 Å². The standard InChI is InChI=1S/C18H12F2N2O4S3/c19-12-2-1-9(4-13(12)20)10-3-11(28-8-10)5-14-17(26)22(18(27)29-14)7-15(23)21-6-16(24)25/h1-5,8H,6-7H2,(H,21,23)(H,24,25). The van der Waals surface area contributed by atoms with Crippen LogP contribution < -0.4 is 5.32 Å².